The molecule has 1 aliphatic heterocycles. The predicted molar refractivity (Wildman–Crippen MR) is 84.4 cm³/mol. The molecule has 1 unspecified atom stereocenters. The second-order valence-corrected chi connectivity index (χ2v) is 6.64. The molecular formula is C18H27N. The fraction of sp³-hybridized carbons (Fsp3) is 0.556. The molecule has 1 aromatic carbocycles. The zero-order valence-corrected chi connectivity index (χ0v) is 12.6. The van der Waals surface area contributed by atoms with Crippen LogP contribution in [-0.4, -0.2) is 12.6 Å². The Kier molecular flexibility index (Phi) is 4.81. The maximum Gasteiger partial charge on any atom is 0.0253 e. The van der Waals surface area contributed by atoms with Gasteiger partial charge in [0.05, 0.1) is 0 Å². The van der Waals surface area contributed by atoms with Crippen molar-refractivity contribution in [1.29, 1.82) is 0 Å². The Morgan fingerprint density at radius 2 is 1.79 bits per heavy atom. The SMILES string of the molecule is CC(C)(C)c1ccc(/C=C/C2CCCCCN2)cc1. The van der Waals surface area contributed by atoms with E-state index in [1.54, 1.807) is 0 Å². The first-order valence-electron chi connectivity index (χ1n) is 7.58. The molecule has 1 atom stereocenters. The van der Waals surface area contributed by atoms with Crippen LogP contribution in [0.2, 0.25) is 0 Å². The van der Waals surface area contributed by atoms with Crippen LogP contribution in [0.4, 0.5) is 0 Å². The zero-order valence-electron chi connectivity index (χ0n) is 12.6. The van der Waals surface area contributed by atoms with Gasteiger partial charge in [-0.1, -0.05) is 70.0 Å². The van der Waals surface area contributed by atoms with Gasteiger partial charge in [-0.3, -0.25) is 0 Å². The van der Waals surface area contributed by atoms with Crippen molar-refractivity contribution in [2.45, 2.75) is 57.9 Å². The summed E-state index contributed by atoms with van der Waals surface area (Å²) in [7, 11) is 0. The Morgan fingerprint density at radius 1 is 1.05 bits per heavy atom. The number of hydrogen-bond donors (Lipinski definition) is 1. The van der Waals surface area contributed by atoms with E-state index in [0.29, 0.717) is 6.04 Å². The number of benzene rings is 1. The first-order chi connectivity index (χ1) is 9.05. The molecule has 2 rings (SSSR count). The molecule has 1 saturated heterocycles. The van der Waals surface area contributed by atoms with Crippen molar-refractivity contribution in [2.24, 2.45) is 0 Å². The van der Waals surface area contributed by atoms with Crippen LogP contribution < -0.4 is 5.32 Å². The van der Waals surface area contributed by atoms with Crippen molar-refractivity contribution in [3.05, 3.63) is 41.5 Å². The van der Waals surface area contributed by atoms with Gasteiger partial charge in [-0.25, -0.2) is 0 Å². The van der Waals surface area contributed by atoms with E-state index in [2.05, 4.69) is 62.5 Å². The molecule has 1 fully saturated rings. The van der Waals surface area contributed by atoms with Crippen LogP contribution in [0.3, 0.4) is 0 Å². The van der Waals surface area contributed by atoms with Gasteiger partial charge in [0.2, 0.25) is 0 Å². The van der Waals surface area contributed by atoms with Crippen LogP contribution in [0.25, 0.3) is 6.08 Å². The van der Waals surface area contributed by atoms with Gasteiger partial charge in [0, 0.05) is 6.04 Å². The summed E-state index contributed by atoms with van der Waals surface area (Å²) >= 11 is 0. The average molecular weight is 257 g/mol. The molecule has 0 bridgehead atoms. The van der Waals surface area contributed by atoms with Gasteiger partial charge in [0.1, 0.15) is 0 Å². The summed E-state index contributed by atoms with van der Waals surface area (Å²) in [5, 5.41) is 3.60. The molecule has 1 aliphatic rings. The predicted octanol–water partition coefficient (Wildman–Crippen LogP) is 4.53. The lowest BCUT2D eigenvalue weighted by Gasteiger charge is -2.18. The van der Waals surface area contributed by atoms with Gasteiger partial charge in [0.15, 0.2) is 0 Å². The van der Waals surface area contributed by atoms with Crippen molar-refractivity contribution < 1.29 is 0 Å². The monoisotopic (exact) mass is 257 g/mol. The Labute approximate surface area is 118 Å². The number of nitrogens with one attached hydrogen (secondary N) is 1. The molecule has 1 nitrogen and oxygen atoms in total. The minimum atomic E-state index is 0.241. The molecule has 1 heterocycles. The summed E-state index contributed by atoms with van der Waals surface area (Å²) in [4.78, 5) is 0. The number of hydrogen-bond acceptors (Lipinski definition) is 1. The average Bonchev–Trinajstić information content (AvgIpc) is 2.64. The summed E-state index contributed by atoms with van der Waals surface area (Å²) in [6, 6.07) is 9.52. The summed E-state index contributed by atoms with van der Waals surface area (Å²) < 4.78 is 0. The summed E-state index contributed by atoms with van der Waals surface area (Å²) in [6.07, 6.45) is 9.91. The maximum atomic E-state index is 3.60. The second-order valence-electron chi connectivity index (χ2n) is 6.64. The Hall–Kier alpha value is -1.08. The molecule has 0 amide bonds. The molecule has 104 valence electrons. The summed E-state index contributed by atoms with van der Waals surface area (Å²) in [5.74, 6) is 0. The van der Waals surface area contributed by atoms with E-state index < -0.39 is 0 Å². The first kappa shape index (κ1) is 14.3. The molecule has 0 spiro atoms. The molecule has 0 aromatic heterocycles. The second kappa shape index (κ2) is 6.38. The van der Waals surface area contributed by atoms with Gasteiger partial charge in [-0.05, 0) is 35.9 Å². The van der Waals surface area contributed by atoms with E-state index in [-0.39, 0.29) is 5.41 Å². The van der Waals surface area contributed by atoms with E-state index >= 15 is 0 Å². The van der Waals surface area contributed by atoms with E-state index in [4.69, 9.17) is 0 Å². The van der Waals surface area contributed by atoms with Crippen molar-refractivity contribution in [1.82, 2.24) is 5.32 Å². The smallest absolute Gasteiger partial charge is 0.0253 e. The highest BCUT2D eigenvalue weighted by Gasteiger charge is 2.12. The molecule has 1 aromatic rings. The molecular weight excluding hydrogens is 230 g/mol. The van der Waals surface area contributed by atoms with Gasteiger partial charge in [-0.15, -0.1) is 0 Å². The molecule has 1 N–H and O–H groups in total. The maximum absolute atomic E-state index is 3.60. The zero-order chi connectivity index (χ0) is 13.7. The highest BCUT2D eigenvalue weighted by molar-refractivity contribution is 5.51. The fourth-order valence-electron chi connectivity index (χ4n) is 2.54. The molecule has 19 heavy (non-hydrogen) atoms. The highest BCUT2D eigenvalue weighted by atomic mass is 14.9. The van der Waals surface area contributed by atoms with Crippen LogP contribution in [0, 0.1) is 0 Å². The standard InChI is InChI=1S/C18H27N/c1-18(2,3)16-11-8-15(9-12-16)10-13-17-7-5-4-6-14-19-17/h8-13,17,19H,4-7,14H2,1-3H3/b13-10+. The third kappa shape index (κ3) is 4.50. The van der Waals surface area contributed by atoms with Crippen molar-refractivity contribution in [2.75, 3.05) is 6.54 Å². The van der Waals surface area contributed by atoms with E-state index in [1.807, 2.05) is 0 Å². The van der Waals surface area contributed by atoms with Crippen LogP contribution >= 0.6 is 0 Å². The summed E-state index contributed by atoms with van der Waals surface area (Å²) in [6.45, 7) is 7.94. The first-order valence-corrected chi connectivity index (χ1v) is 7.58. The van der Waals surface area contributed by atoms with E-state index in [1.165, 1.54) is 36.8 Å². The van der Waals surface area contributed by atoms with Gasteiger partial charge in [-0.2, -0.15) is 0 Å². The van der Waals surface area contributed by atoms with Crippen molar-refractivity contribution in [3.8, 4) is 0 Å². The van der Waals surface area contributed by atoms with Gasteiger partial charge >= 0.3 is 0 Å². The van der Waals surface area contributed by atoms with Crippen molar-refractivity contribution in [3.63, 3.8) is 0 Å². The minimum Gasteiger partial charge on any atom is -0.311 e. The number of rotatable bonds is 2. The fourth-order valence-corrected chi connectivity index (χ4v) is 2.54. The van der Waals surface area contributed by atoms with Crippen LogP contribution in [0.5, 0.6) is 0 Å². The largest absolute Gasteiger partial charge is 0.311 e. The van der Waals surface area contributed by atoms with E-state index in [9.17, 15) is 0 Å². The molecule has 0 saturated carbocycles. The Balaban J connectivity index is 1.98. The highest BCUT2D eigenvalue weighted by Crippen LogP contribution is 2.22. The lowest BCUT2D eigenvalue weighted by molar-refractivity contribution is 0.590. The Morgan fingerprint density at radius 3 is 2.47 bits per heavy atom. The van der Waals surface area contributed by atoms with Gasteiger partial charge < -0.3 is 5.32 Å². The van der Waals surface area contributed by atoms with Crippen molar-refractivity contribution >= 4 is 6.08 Å². The lowest BCUT2D eigenvalue weighted by atomic mass is 9.87. The normalized spacial score (nSPS) is 21.5. The quantitative estimate of drug-likeness (QED) is 0.821. The molecule has 0 aliphatic carbocycles. The van der Waals surface area contributed by atoms with E-state index in [0.717, 1.165) is 6.54 Å². The summed E-state index contributed by atoms with van der Waals surface area (Å²) in [5.41, 5.74) is 2.95. The third-order valence-electron chi connectivity index (χ3n) is 3.90. The third-order valence-corrected chi connectivity index (χ3v) is 3.90. The van der Waals surface area contributed by atoms with Crippen LogP contribution in [0.15, 0.2) is 30.3 Å². The van der Waals surface area contributed by atoms with Gasteiger partial charge in [0.25, 0.3) is 0 Å². The van der Waals surface area contributed by atoms with Crippen LogP contribution in [-0.2, 0) is 5.41 Å². The van der Waals surface area contributed by atoms with Crippen LogP contribution in [0.1, 0.15) is 57.6 Å². The minimum absolute atomic E-state index is 0.241. The molecule has 0 radical (unpaired) electrons. The Bertz CT molecular complexity index is 400. The lowest BCUT2D eigenvalue weighted by Crippen LogP contribution is -2.25. The molecule has 1 heteroatoms. The topological polar surface area (TPSA) is 12.0 Å².